The van der Waals surface area contributed by atoms with Gasteiger partial charge in [0.2, 0.25) is 0 Å². The number of fused-ring (bicyclic) bond motifs is 1. The molecular weight excluding hydrogens is 344 g/mol. The highest BCUT2D eigenvalue weighted by Crippen LogP contribution is 2.29. The molecule has 1 amide bonds. The minimum atomic E-state index is -0.595. The average Bonchev–Trinajstić information content (AvgIpc) is 2.66. The fourth-order valence-corrected chi connectivity index (χ4v) is 2.97. The first-order valence-electron chi connectivity index (χ1n) is 8.80. The molecule has 3 aromatic rings. The van der Waals surface area contributed by atoms with Crippen molar-refractivity contribution in [3.8, 4) is 5.75 Å². The van der Waals surface area contributed by atoms with Gasteiger partial charge in [0, 0.05) is 6.07 Å². The molecule has 0 aliphatic heterocycles. The number of nitro groups is 1. The Morgan fingerprint density at radius 3 is 2.48 bits per heavy atom. The maximum absolute atomic E-state index is 12.6. The van der Waals surface area contributed by atoms with Gasteiger partial charge in [-0.15, -0.1) is 0 Å². The van der Waals surface area contributed by atoms with Gasteiger partial charge in [0.15, 0.2) is 0 Å². The van der Waals surface area contributed by atoms with Crippen LogP contribution in [0.1, 0.15) is 35.7 Å². The summed E-state index contributed by atoms with van der Waals surface area (Å²) in [7, 11) is 0. The molecule has 3 rings (SSSR count). The Morgan fingerprint density at radius 2 is 1.81 bits per heavy atom. The van der Waals surface area contributed by atoms with E-state index in [0.29, 0.717) is 0 Å². The number of phenolic OH excluding ortho intramolecular Hbond substituents is 1. The van der Waals surface area contributed by atoms with Crippen molar-refractivity contribution in [1.29, 1.82) is 0 Å². The van der Waals surface area contributed by atoms with Crippen LogP contribution in [0.3, 0.4) is 0 Å². The predicted molar refractivity (Wildman–Crippen MR) is 105 cm³/mol. The molecule has 0 aliphatic rings. The summed E-state index contributed by atoms with van der Waals surface area (Å²) in [5.74, 6) is -0.768. The number of phenols is 1. The van der Waals surface area contributed by atoms with Gasteiger partial charge in [-0.2, -0.15) is 0 Å². The van der Waals surface area contributed by atoms with Crippen molar-refractivity contribution in [3.05, 3.63) is 75.8 Å². The van der Waals surface area contributed by atoms with Crippen LogP contribution in [0.2, 0.25) is 0 Å². The molecule has 6 heteroatoms. The maximum Gasteiger partial charge on any atom is 0.293 e. The number of nitrogens with zero attached hydrogens (tertiary/aromatic N) is 1. The smallest absolute Gasteiger partial charge is 0.293 e. The minimum Gasteiger partial charge on any atom is -0.507 e. The molecule has 0 aromatic heterocycles. The number of aromatic hydroxyl groups is 1. The molecule has 0 spiro atoms. The second kappa shape index (κ2) is 7.86. The normalized spacial score (nSPS) is 10.7. The Balaban J connectivity index is 1.91. The van der Waals surface area contributed by atoms with Gasteiger partial charge in [-0.3, -0.25) is 14.9 Å². The molecule has 2 N–H and O–H groups in total. The van der Waals surface area contributed by atoms with E-state index in [2.05, 4.69) is 12.2 Å². The predicted octanol–water partition coefficient (Wildman–Crippen LogP) is 5.05. The van der Waals surface area contributed by atoms with E-state index in [4.69, 9.17) is 0 Å². The Hall–Kier alpha value is -3.41. The molecule has 3 aromatic carbocycles. The van der Waals surface area contributed by atoms with Crippen molar-refractivity contribution < 1.29 is 14.8 Å². The molecule has 0 saturated heterocycles. The van der Waals surface area contributed by atoms with Gasteiger partial charge < -0.3 is 10.4 Å². The number of amides is 1. The highest BCUT2D eigenvalue weighted by molar-refractivity contribution is 6.09. The Kier molecular flexibility index (Phi) is 5.35. The standard InChI is InChI=1S/C21H20N2O4/c1-2-3-6-14-9-10-18(19(11-14)23(26)27)22-21(25)17-12-15-7-4-5-8-16(15)13-20(17)24/h4-5,7-13,24H,2-3,6H2,1H3,(H,22,25). The number of anilines is 1. The largest absolute Gasteiger partial charge is 0.507 e. The van der Waals surface area contributed by atoms with Crippen LogP contribution in [-0.2, 0) is 6.42 Å². The van der Waals surface area contributed by atoms with Gasteiger partial charge in [-0.1, -0.05) is 43.7 Å². The summed E-state index contributed by atoms with van der Waals surface area (Å²) >= 11 is 0. The Labute approximate surface area is 156 Å². The van der Waals surface area contributed by atoms with Gasteiger partial charge >= 0.3 is 0 Å². The van der Waals surface area contributed by atoms with Gasteiger partial charge in [0.05, 0.1) is 10.5 Å². The zero-order valence-corrected chi connectivity index (χ0v) is 14.9. The number of carbonyl (C=O) groups is 1. The molecule has 0 atom stereocenters. The molecule has 0 unspecified atom stereocenters. The fraction of sp³-hybridized carbons (Fsp3) is 0.190. The van der Waals surface area contributed by atoms with Crippen LogP contribution in [0.15, 0.2) is 54.6 Å². The van der Waals surface area contributed by atoms with Gasteiger partial charge in [0.25, 0.3) is 11.6 Å². The van der Waals surface area contributed by atoms with Crippen molar-refractivity contribution in [1.82, 2.24) is 0 Å². The summed E-state index contributed by atoms with van der Waals surface area (Å²) in [5, 5.41) is 25.8. The number of carbonyl (C=O) groups excluding carboxylic acids is 1. The summed E-state index contributed by atoms with van der Waals surface area (Å²) in [6.45, 7) is 2.05. The summed E-state index contributed by atoms with van der Waals surface area (Å²) in [5.41, 5.74) is 0.878. The topological polar surface area (TPSA) is 92.5 Å². The third kappa shape index (κ3) is 4.06. The number of nitrogens with one attached hydrogen (secondary N) is 1. The van der Waals surface area contributed by atoms with Crippen LogP contribution < -0.4 is 5.32 Å². The number of unbranched alkanes of at least 4 members (excludes halogenated alkanes) is 1. The lowest BCUT2D eigenvalue weighted by Gasteiger charge is -2.10. The zero-order chi connectivity index (χ0) is 19.4. The SMILES string of the molecule is CCCCc1ccc(NC(=O)c2cc3ccccc3cc2O)c([N+](=O)[O-])c1. The van der Waals surface area contributed by atoms with Crippen LogP contribution in [0.5, 0.6) is 5.75 Å². The Bertz CT molecular complexity index is 1010. The third-order valence-corrected chi connectivity index (χ3v) is 4.43. The van der Waals surface area contributed by atoms with E-state index in [0.717, 1.165) is 35.6 Å². The number of benzene rings is 3. The van der Waals surface area contributed by atoms with Gasteiger partial charge in [0.1, 0.15) is 11.4 Å². The molecule has 138 valence electrons. The first-order valence-corrected chi connectivity index (χ1v) is 8.80. The molecule has 0 saturated carbocycles. The van der Waals surface area contributed by atoms with Crippen molar-refractivity contribution in [2.45, 2.75) is 26.2 Å². The number of rotatable bonds is 6. The summed E-state index contributed by atoms with van der Waals surface area (Å²) in [4.78, 5) is 23.5. The molecule has 27 heavy (non-hydrogen) atoms. The lowest BCUT2D eigenvalue weighted by Crippen LogP contribution is -2.13. The van der Waals surface area contributed by atoms with E-state index in [-0.39, 0.29) is 22.7 Å². The summed E-state index contributed by atoms with van der Waals surface area (Å²) in [6, 6.07) is 15.2. The molecule has 0 aliphatic carbocycles. The molecule has 6 nitrogen and oxygen atoms in total. The molecule has 0 radical (unpaired) electrons. The zero-order valence-electron chi connectivity index (χ0n) is 14.9. The number of hydrogen-bond acceptors (Lipinski definition) is 4. The monoisotopic (exact) mass is 364 g/mol. The van der Waals surface area contributed by atoms with Crippen molar-refractivity contribution >= 4 is 28.1 Å². The van der Waals surface area contributed by atoms with E-state index in [1.165, 1.54) is 12.1 Å². The van der Waals surface area contributed by atoms with E-state index in [1.54, 1.807) is 18.2 Å². The van der Waals surface area contributed by atoms with E-state index < -0.39 is 10.8 Å². The number of aryl methyl sites for hydroxylation is 1. The van der Waals surface area contributed by atoms with Crippen LogP contribution in [-0.4, -0.2) is 15.9 Å². The number of hydrogen-bond donors (Lipinski definition) is 2. The molecular formula is C21H20N2O4. The molecule has 0 bridgehead atoms. The highest BCUT2D eigenvalue weighted by atomic mass is 16.6. The van der Waals surface area contributed by atoms with Crippen molar-refractivity contribution in [3.63, 3.8) is 0 Å². The van der Waals surface area contributed by atoms with Gasteiger partial charge in [-0.05, 0) is 47.4 Å². The summed E-state index contributed by atoms with van der Waals surface area (Å²) in [6.07, 6.45) is 2.68. The molecule has 0 fully saturated rings. The van der Waals surface area contributed by atoms with Crippen molar-refractivity contribution in [2.75, 3.05) is 5.32 Å². The summed E-state index contributed by atoms with van der Waals surface area (Å²) < 4.78 is 0. The van der Waals surface area contributed by atoms with Crippen molar-refractivity contribution in [2.24, 2.45) is 0 Å². The minimum absolute atomic E-state index is 0.0676. The first-order chi connectivity index (χ1) is 13.0. The van der Waals surface area contributed by atoms with E-state index in [9.17, 15) is 20.0 Å². The lowest BCUT2D eigenvalue weighted by molar-refractivity contribution is -0.384. The van der Waals surface area contributed by atoms with Crippen LogP contribution in [0.25, 0.3) is 10.8 Å². The van der Waals surface area contributed by atoms with Gasteiger partial charge in [-0.25, -0.2) is 0 Å². The quantitative estimate of drug-likeness (QED) is 0.473. The van der Waals surface area contributed by atoms with E-state index in [1.807, 2.05) is 24.3 Å². The fourth-order valence-electron chi connectivity index (χ4n) is 2.97. The second-order valence-electron chi connectivity index (χ2n) is 6.38. The molecule has 0 heterocycles. The Morgan fingerprint density at radius 1 is 1.11 bits per heavy atom. The maximum atomic E-state index is 12.6. The first kappa shape index (κ1) is 18.4. The second-order valence-corrected chi connectivity index (χ2v) is 6.38. The van der Waals surface area contributed by atoms with E-state index >= 15 is 0 Å². The highest BCUT2D eigenvalue weighted by Gasteiger charge is 2.19. The number of nitro benzene ring substituents is 1. The third-order valence-electron chi connectivity index (χ3n) is 4.43. The van der Waals surface area contributed by atoms with Crippen LogP contribution in [0.4, 0.5) is 11.4 Å². The average molecular weight is 364 g/mol. The lowest BCUT2D eigenvalue weighted by atomic mass is 10.0. The van der Waals surface area contributed by atoms with Crippen LogP contribution >= 0.6 is 0 Å². The van der Waals surface area contributed by atoms with Crippen LogP contribution in [0, 0.1) is 10.1 Å².